The van der Waals surface area contributed by atoms with Crippen molar-refractivity contribution >= 4 is 23.0 Å². The molecule has 0 fully saturated rings. The molecule has 0 saturated heterocycles. The molecule has 0 N–H and O–H groups in total. The van der Waals surface area contributed by atoms with Gasteiger partial charge in [-0.3, -0.25) is 9.88 Å². The number of fused-ring (bicyclic) bond motifs is 1. The Hall–Kier alpha value is -4.12. The van der Waals surface area contributed by atoms with E-state index in [1.807, 2.05) is 66.7 Å². The normalized spacial score (nSPS) is 16.5. The lowest BCUT2D eigenvalue weighted by Gasteiger charge is -2.43. The van der Waals surface area contributed by atoms with Crippen LogP contribution in [0.4, 0.5) is 17.1 Å². The second-order valence-corrected chi connectivity index (χ2v) is 8.63. The maximum atomic E-state index is 13.3. The van der Waals surface area contributed by atoms with Gasteiger partial charge >= 0.3 is 5.97 Å². The highest BCUT2D eigenvalue weighted by Gasteiger charge is 2.53. The quantitative estimate of drug-likeness (QED) is 0.295. The Labute approximate surface area is 206 Å². The van der Waals surface area contributed by atoms with Gasteiger partial charge in [0.05, 0.1) is 5.56 Å². The number of nitrogens with zero attached hydrogens (tertiary/aromatic N) is 3. The number of hydrogen-bond acceptors (Lipinski definition) is 5. The maximum Gasteiger partial charge on any atom is 0.342 e. The van der Waals surface area contributed by atoms with Crippen molar-refractivity contribution in [3.63, 3.8) is 0 Å². The van der Waals surface area contributed by atoms with Gasteiger partial charge in [-0.1, -0.05) is 42.5 Å². The van der Waals surface area contributed by atoms with Crippen LogP contribution in [0.3, 0.4) is 0 Å². The summed E-state index contributed by atoms with van der Waals surface area (Å²) in [6.45, 7) is 8.24. The number of anilines is 3. The fourth-order valence-corrected chi connectivity index (χ4v) is 5.06. The standard InChI is InChI=1S/C30H29N3O2/c1-4-32(5-2)25-16-17-27(22(3)20-25)30(28-18-19-31-21-26(28)29(34)35-30)33(23-12-8-6-9-13-23)24-14-10-7-11-15-24/h6-21H,4-5H2,1-3H3. The molecule has 176 valence electrons. The lowest BCUT2D eigenvalue weighted by molar-refractivity contribution is 0.0132. The smallest absolute Gasteiger partial charge is 0.342 e. The first-order valence-corrected chi connectivity index (χ1v) is 12.0. The maximum absolute atomic E-state index is 13.3. The van der Waals surface area contributed by atoms with Crippen LogP contribution >= 0.6 is 0 Å². The van der Waals surface area contributed by atoms with E-state index >= 15 is 0 Å². The van der Waals surface area contributed by atoms with Gasteiger partial charge in [-0.2, -0.15) is 0 Å². The highest BCUT2D eigenvalue weighted by Crippen LogP contribution is 2.50. The predicted octanol–water partition coefficient (Wildman–Crippen LogP) is 6.45. The number of pyridine rings is 1. The average molecular weight is 464 g/mol. The van der Waals surface area contributed by atoms with E-state index in [1.54, 1.807) is 12.4 Å². The molecule has 5 nitrogen and oxygen atoms in total. The van der Waals surface area contributed by atoms with Gasteiger partial charge in [0, 0.05) is 53.7 Å². The van der Waals surface area contributed by atoms with Gasteiger partial charge in [-0.05, 0) is 68.8 Å². The Morgan fingerprint density at radius 3 is 2.00 bits per heavy atom. The molecule has 0 aliphatic carbocycles. The number of carbonyl (C=O) groups excluding carboxylic acids is 1. The second kappa shape index (κ2) is 9.26. The van der Waals surface area contributed by atoms with E-state index in [9.17, 15) is 4.79 Å². The number of benzene rings is 3. The zero-order chi connectivity index (χ0) is 24.4. The molecule has 0 spiro atoms. The highest BCUT2D eigenvalue weighted by atomic mass is 16.6. The summed E-state index contributed by atoms with van der Waals surface area (Å²) in [5, 5.41) is 0. The fraction of sp³-hybridized carbons (Fsp3) is 0.200. The minimum atomic E-state index is -1.19. The first kappa shape index (κ1) is 22.7. The number of aromatic nitrogens is 1. The first-order valence-electron chi connectivity index (χ1n) is 12.0. The molecule has 0 amide bonds. The van der Waals surface area contributed by atoms with E-state index in [0.29, 0.717) is 5.56 Å². The van der Waals surface area contributed by atoms with E-state index in [2.05, 4.69) is 53.8 Å². The number of esters is 1. The van der Waals surface area contributed by atoms with E-state index in [4.69, 9.17) is 4.74 Å². The summed E-state index contributed by atoms with van der Waals surface area (Å²) in [4.78, 5) is 22.0. The Morgan fingerprint density at radius 1 is 0.800 bits per heavy atom. The van der Waals surface area contributed by atoms with Crippen LogP contribution in [-0.2, 0) is 10.5 Å². The molecule has 1 aromatic heterocycles. The molecule has 1 aliphatic rings. The van der Waals surface area contributed by atoms with Gasteiger partial charge in [0.1, 0.15) is 0 Å². The summed E-state index contributed by atoms with van der Waals surface area (Å²) in [6.07, 6.45) is 3.33. The SMILES string of the molecule is CCN(CC)c1ccc(C2(N(c3ccccc3)c3ccccc3)OC(=O)c3cnccc32)c(C)c1. The van der Waals surface area contributed by atoms with Gasteiger partial charge < -0.3 is 9.64 Å². The van der Waals surface area contributed by atoms with E-state index < -0.39 is 5.72 Å². The van der Waals surface area contributed by atoms with Gasteiger partial charge in [0.15, 0.2) is 0 Å². The largest absolute Gasteiger partial charge is 0.426 e. The van der Waals surface area contributed by atoms with Crippen LogP contribution in [0.15, 0.2) is 97.3 Å². The molecule has 35 heavy (non-hydrogen) atoms. The number of ether oxygens (including phenoxy) is 1. The lowest BCUT2D eigenvalue weighted by atomic mass is 9.88. The molecule has 0 bridgehead atoms. The first-order chi connectivity index (χ1) is 17.1. The molecular weight excluding hydrogens is 434 g/mol. The van der Waals surface area contributed by atoms with Crippen LogP contribution in [0, 0.1) is 6.92 Å². The molecule has 1 unspecified atom stereocenters. The molecule has 3 aromatic carbocycles. The lowest BCUT2D eigenvalue weighted by Crippen LogP contribution is -2.45. The van der Waals surface area contributed by atoms with Gasteiger partial charge in [0.2, 0.25) is 5.72 Å². The summed E-state index contributed by atoms with van der Waals surface area (Å²) in [6, 6.07) is 28.5. The molecule has 2 heterocycles. The highest BCUT2D eigenvalue weighted by molar-refractivity contribution is 5.96. The zero-order valence-corrected chi connectivity index (χ0v) is 20.3. The minimum absolute atomic E-state index is 0.378. The van der Waals surface area contributed by atoms with E-state index in [-0.39, 0.29) is 5.97 Å². The van der Waals surface area contributed by atoms with Crippen molar-refractivity contribution in [1.29, 1.82) is 0 Å². The van der Waals surface area contributed by atoms with Crippen LogP contribution in [-0.4, -0.2) is 24.0 Å². The van der Waals surface area contributed by atoms with Crippen molar-refractivity contribution in [3.8, 4) is 0 Å². The van der Waals surface area contributed by atoms with Crippen LogP contribution in [0.1, 0.15) is 40.9 Å². The second-order valence-electron chi connectivity index (χ2n) is 8.63. The fourth-order valence-electron chi connectivity index (χ4n) is 5.06. The van der Waals surface area contributed by atoms with Crippen LogP contribution < -0.4 is 9.80 Å². The molecular formula is C30H29N3O2. The summed E-state index contributed by atoms with van der Waals surface area (Å²) in [5.74, 6) is -0.378. The summed E-state index contributed by atoms with van der Waals surface area (Å²) < 4.78 is 6.44. The van der Waals surface area contributed by atoms with Crippen LogP contribution in [0.5, 0.6) is 0 Å². The van der Waals surface area contributed by atoms with Gasteiger partial charge in [-0.25, -0.2) is 4.79 Å². The number of hydrogen-bond donors (Lipinski definition) is 0. The topological polar surface area (TPSA) is 45.7 Å². The van der Waals surface area contributed by atoms with Crippen molar-refractivity contribution in [3.05, 3.63) is 120 Å². The number of aryl methyl sites for hydroxylation is 1. The monoisotopic (exact) mass is 463 g/mol. The third kappa shape index (κ3) is 3.73. The summed E-state index contributed by atoms with van der Waals surface area (Å²) in [5.41, 5.74) is 5.02. The average Bonchev–Trinajstić information content (AvgIpc) is 3.19. The molecule has 4 aromatic rings. The molecule has 5 rings (SSSR count). The molecule has 1 atom stereocenters. The Kier molecular flexibility index (Phi) is 6.00. The van der Waals surface area contributed by atoms with Gasteiger partial charge in [0.25, 0.3) is 0 Å². The zero-order valence-electron chi connectivity index (χ0n) is 20.3. The molecule has 5 heteroatoms. The Bertz CT molecular complexity index is 1300. The van der Waals surface area contributed by atoms with Crippen molar-refractivity contribution in [2.24, 2.45) is 0 Å². The third-order valence-electron chi connectivity index (χ3n) is 6.69. The van der Waals surface area contributed by atoms with Crippen LogP contribution in [0.2, 0.25) is 0 Å². The van der Waals surface area contributed by atoms with Gasteiger partial charge in [-0.15, -0.1) is 0 Å². The van der Waals surface area contributed by atoms with Crippen molar-refractivity contribution in [1.82, 2.24) is 4.98 Å². The number of carbonyl (C=O) groups is 1. The summed E-state index contributed by atoms with van der Waals surface area (Å²) in [7, 11) is 0. The number of rotatable bonds is 7. The molecule has 0 radical (unpaired) electrons. The van der Waals surface area contributed by atoms with Crippen molar-refractivity contribution in [2.45, 2.75) is 26.5 Å². The molecule has 1 aliphatic heterocycles. The summed E-state index contributed by atoms with van der Waals surface area (Å²) >= 11 is 0. The number of cyclic esters (lactones) is 1. The molecule has 0 saturated carbocycles. The van der Waals surface area contributed by atoms with E-state index in [1.165, 1.54) is 0 Å². The third-order valence-corrected chi connectivity index (χ3v) is 6.69. The predicted molar refractivity (Wildman–Crippen MR) is 140 cm³/mol. The van der Waals surface area contributed by atoms with Crippen LogP contribution in [0.25, 0.3) is 0 Å². The van der Waals surface area contributed by atoms with Crippen molar-refractivity contribution < 1.29 is 9.53 Å². The Morgan fingerprint density at radius 2 is 1.43 bits per heavy atom. The van der Waals surface area contributed by atoms with E-state index in [0.717, 1.165) is 46.8 Å². The Balaban J connectivity index is 1.83. The van der Waals surface area contributed by atoms with Crippen molar-refractivity contribution in [2.75, 3.05) is 22.9 Å². The number of para-hydroxylation sites is 2. The minimum Gasteiger partial charge on any atom is -0.426 e.